The van der Waals surface area contributed by atoms with E-state index in [2.05, 4.69) is 0 Å². The van der Waals surface area contributed by atoms with E-state index in [1.165, 1.54) is 26.4 Å². The zero-order valence-electron chi connectivity index (χ0n) is 16.2. The molecule has 1 atom stereocenters. The molecule has 0 saturated carbocycles. The number of hydrogen-bond acceptors (Lipinski definition) is 6. The van der Waals surface area contributed by atoms with Crippen molar-refractivity contribution in [2.24, 2.45) is 0 Å². The number of carbonyl (C=O) groups excluding carboxylic acids is 3. The molecule has 29 heavy (non-hydrogen) atoms. The number of imide groups is 1. The van der Waals surface area contributed by atoms with Gasteiger partial charge in [-0.15, -0.1) is 0 Å². The van der Waals surface area contributed by atoms with E-state index in [1.54, 1.807) is 25.1 Å². The summed E-state index contributed by atoms with van der Waals surface area (Å²) < 4.78 is 29.8. The minimum atomic E-state index is -1.00. The van der Waals surface area contributed by atoms with Gasteiger partial charge < -0.3 is 14.2 Å². The highest BCUT2D eigenvalue weighted by Gasteiger charge is 2.43. The number of benzene rings is 2. The van der Waals surface area contributed by atoms with E-state index >= 15 is 0 Å². The number of carbonyl (C=O) groups is 3. The molecule has 2 aromatic rings. The predicted molar refractivity (Wildman–Crippen MR) is 100 cm³/mol. The maximum Gasteiger partial charge on any atom is 0.307 e. The van der Waals surface area contributed by atoms with Gasteiger partial charge in [0, 0.05) is 0 Å². The largest absolute Gasteiger partial charge is 0.493 e. The van der Waals surface area contributed by atoms with Crippen molar-refractivity contribution in [1.29, 1.82) is 0 Å². The van der Waals surface area contributed by atoms with E-state index in [0.717, 1.165) is 11.0 Å². The van der Waals surface area contributed by atoms with Crippen LogP contribution < -0.4 is 9.47 Å². The highest BCUT2D eigenvalue weighted by molar-refractivity contribution is 6.21. The van der Waals surface area contributed by atoms with Crippen LogP contribution in [0.15, 0.2) is 36.4 Å². The zero-order valence-corrected chi connectivity index (χ0v) is 16.2. The first kappa shape index (κ1) is 20.3. The van der Waals surface area contributed by atoms with Gasteiger partial charge in [-0.05, 0) is 36.8 Å². The third-order valence-electron chi connectivity index (χ3n) is 4.67. The van der Waals surface area contributed by atoms with E-state index in [4.69, 9.17) is 14.2 Å². The van der Waals surface area contributed by atoms with Crippen LogP contribution >= 0.6 is 0 Å². The Morgan fingerprint density at radius 3 is 2.48 bits per heavy atom. The Labute approximate surface area is 167 Å². The molecule has 0 N–H and O–H groups in total. The minimum Gasteiger partial charge on any atom is -0.493 e. The summed E-state index contributed by atoms with van der Waals surface area (Å²) in [6.07, 6.45) is -0.290. The number of fused-ring (bicyclic) bond motifs is 1. The third kappa shape index (κ3) is 3.65. The van der Waals surface area contributed by atoms with Gasteiger partial charge in [-0.25, -0.2) is 4.39 Å². The summed E-state index contributed by atoms with van der Waals surface area (Å²) in [5, 5.41) is 0. The summed E-state index contributed by atoms with van der Waals surface area (Å²) in [6.45, 7) is 2.16. The molecule has 0 aliphatic carbocycles. The second-order valence-electron chi connectivity index (χ2n) is 6.28. The van der Waals surface area contributed by atoms with Gasteiger partial charge in [-0.3, -0.25) is 19.3 Å². The Bertz CT molecular complexity index is 974. The summed E-state index contributed by atoms with van der Waals surface area (Å²) >= 11 is 0. The van der Waals surface area contributed by atoms with Crippen molar-refractivity contribution >= 4 is 17.8 Å². The van der Waals surface area contributed by atoms with Crippen LogP contribution in [0.4, 0.5) is 4.39 Å². The Kier molecular flexibility index (Phi) is 5.81. The van der Waals surface area contributed by atoms with Crippen LogP contribution in [-0.4, -0.2) is 43.5 Å². The van der Waals surface area contributed by atoms with Gasteiger partial charge in [-0.2, -0.15) is 0 Å². The first-order valence-electron chi connectivity index (χ1n) is 8.96. The molecule has 8 heteroatoms. The van der Waals surface area contributed by atoms with E-state index < -0.39 is 29.6 Å². The number of methoxy groups -OCH3 is 2. The summed E-state index contributed by atoms with van der Waals surface area (Å²) in [6, 6.07) is 7.68. The number of nitrogens with zero attached hydrogens (tertiary/aromatic N) is 1. The fraction of sp³-hybridized carbons (Fsp3) is 0.286. The molecule has 2 aromatic carbocycles. The third-order valence-corrected chi connectivity index (χ3v) is 4.67. The van der Waals surface area contributed by atoms with Crippen LogP contribution in [0.3, 0.4) is 0 Å². The lowest BCUT2D eigenvalue weighted by Crippen LogP contribution is -2.35. The molecule has 1 unspecified atom stereocenters. The van der Waals surface area contributed by atoms with Gasteiger partial charge in [0.2, 0.25) is 0 Å². The van der Waals surface area contributed by atoms with Crippen molar-refractivity contribution in [3.05, 3.63) is 58.9 Å². The fourth-order valence-electron chi connectivity index (χ4n) is 3.31. The summed E-state index contributed by atoms with van der Waals surface area (Å²) in [5.41, 5.74) is 0.115. The van der Waals surface area contributed by atoms with E-state index in [0.29, 0.717) is 23.7 Å². The second-order valence-corrected chi connectivity index (χ2v) is 6.28. The van der Waals surface area contributed by atoms with E-state index in [1.807, 2.05) is 0 Å². The van der Waals surface area contributed by atoms with Crippen LogP contribution in [0.1, 0.15) is 45.7 Å². The van der Waals surface area contributed by atoms with Gasteiger partial charge in [0.1, 0.15) is 5.82 Å². The molecule has 2 amide bonds. The predicted octanol–water partition coefficient (Wildman–Crippen LogP) is 3.13. The minimum absolute atomic E-state index is 0.0385. The summed E-state index contributed by atoms with van der Waals surface area (Å²) in [4.78, 5) is 38.7. The van der Waals surface area contributed by atoms with E-state index in [-0.39, 0.29) is 17.5 Å². The number of halogens is 1. The van der Waals surface area contributed by atoms with Crippen LogP contribution in [0.5, 0.6) is 11.5 Å². The molecule has 0 spiro atoms. The quantitative estimate of drug-likeness (QED) is 0.524. The Morgan fingerprint density at radius 2 is 1.86 bits per heavy atom. The molecular weight excluding hydrogens is 381 g/mol. The van der Waals surface area contributed by atoms with Crippen LogP contribution in [0, 0.1) is 5.82 Å². The zero-order chi connectivity index (χ0) is 21.1. The van der Waals surface area contributed by atoms with Gasteiger partial charge in [0.15, 0.2) is 11.5 Å². The van der Waals surface area contributed by atoms with Crippen molar-refractivity contribution in [3.8, 4) is 11.5 Å². The Balaban J connectivity index is 2.09. The summed E-state index contributed by atoms with van der Waals surface area (Å²) in [7, 11) is 2.69. The molecule has 1 aliphatic heterocycles. The van der Waals surface area contributed by atoms with Crippen molar-refractivity contribution in [2.75, 3.05) is 20.8 Å². The van der Waals surface area contributed by atoms with Crippen molar-refractivity contribution in [2.45, 2.75) is 19.4 Å². The van der Waals surface area contributed by atoms with E-state index in [9.17, 15) is 18.8 Å². The molecule has 0 radical (unpaired) electrons. The molecule has 0 saturated heterocycles. The van der Waals surface area contributed by atoms with Crippen LogP contribution in [0.2, 0.25) is 0 Å². The molecule has 1 heterocycles. The van der Waals surface area contributed by atoms with Crippen LogP contribution in [-0.2, 0) is 9.53 Å². The molecule has 1 aliphatic rings. The number of hydrogen-bond donors (Lipinski definition) is 0. The molecule has 7 nitrogen and oxygen atoms in total. The normalized spacial score (nSPS) is 13.9. The van der Waals surface area contributed by atoms with Gasteiger partial charge in [0.25, 0.3) is 11.8 Å². The molecule has 0 fully saturated rings. The lowest BCUT2D eigenvalue weighted by molar-refractivity contribution is -0.141. The first-order valence-corrected chi connectivity index (χ1v) is 8.96. The standard InChI is InChI=1S/C21H20FNO6/c1-4-29-17-10-12(8-9-16(17)27-2)15(11-18(24)28-3)23-20(25)13-6-5-7-14(22)19(13)21(23)26/h5-10,15H,4,11H2,1-3H3. The molecular formula is C21H20FNO6. The topological polar surface area (TPSA) is 82.1 Å². The van der Waals surface area contributed by atoms with Crippen molar-refractivity contribution < 1.29 is 33.0 Å². The number of ether oxygens (including phenoxy) is 3. The monoisotopic (exact) mass is 401 g/mol. The highest BCUT2D eigenvalue weighted by Crippen LogP contribution is 2.38. The molecule has 0 aromatic heterocycles. The number of amides is 2. The van der Waals surface area contributed by atoms with Gasteiger partial charge >= 0.3 is 5.97 Å². The molecule has 3 rings (SSSR count). The SMILES string of the molecule is CCOc1cc(C(CC(=O)OC)N2C(=O)c3cccc(F)c3C2=O)ccc1OC. The first-order chi connectivity index (χ1) is 13.9. The van der Waals surface area contributed by atoms with Crippen molar-refractivity contribution in [1.82, 2.24) is 4.90 Å². The Hall–Kier alpha value is -3.42. The molecule has 152 valence electrons. The number of rotatable bonds is 7. The molecule has 0 bridgehead atoms. The average Bonchev–Trinajstić information content (AvgIpc) is 2.97. The smallest absolute Gasteiger partial charge is 0.307 e. The van der Waals surface area contributed by atoms with Crippen LogP contribution in [0.25, 0.3) is 0 Å². The lowest BCUT2D eigenvalue weighted by atomic mass is 10.0. The lowest BCUT2D eigenvalue weighted by Gasteiger charge is -2.26. The highest BCUT2D eigenvalue weighted by atomic mass is 19.1. The Morgan fingerprint density at radius 1 is 1.10 bits per heavy atom. The summed E-state index contributed by atoms with van der Waals surface area (Å²) in [5.74, 6) is -2.03. The average molecular weight is 401 g/mol. The fourth-order valence-corrected chi connectivity index (χ4v) is 3.31. The maximum atomic E-state index is 14.2. The second kappa shape index (κ2) is 8.30. The number of esters is 1. The van der Waals surface area contributed by atoms with Crippen molar-refractivity contribution in [3.63, 3.8) is 0 Å². The van der Waals surface area contributed by atoms with Gasteiger partial charge in [-0.1, -0.05) is 12.1 Å². The maximum absolute atomic E-state index is 14.2. The van der Waals surface area contributed by atoms with Gasteiger partial charge in [0.05, 0.1) is 44.4 Å².